The van der Waals surface area contributed by atoms with Gasteiger partial charge >= 0.3 is 5.97 Å². The van der Waals surface area contributed by atoms with Crippen molar-refractivity contribution in [2.75, 3.05) is 6.54 Å². The number of hydrogen-bond donors (Lipinski definition) is 1. The normalized spacial score (nSPS) is 21.0. The van der Waals surface area contributed by atoms with Gasteiger partial charge in [0.15, 0.2) is 0 Å². The van der Waals surface area contributed by atoms with Crippen LogP contribution in [0.2, 0.25) is 5.02 Å². The number of nitrogens with zero attached hydrogens (tertiary/aromatic N) is 1. The molecule has 0 saturated carbocycles. The summed E-state index contributed by atoms with van der Waals surface area (Å²) >= 11 is 5.81. The first-order valence-corrected chi connectivity index (χ1v) is 8.35. The van der Waals surface area contributed by atoms with Gasteiger partial charge in [-0.15, -0.1) is 0 Å². The number of carboxylic acid groups (broad SMARTS) is 1. The van der Waals surface area contributed by atoms with Gasteiger partial charge in [-0.25, -0.2) is 12.8 Å². The average molecular weight is 336 g/mol. The second-order valence-corrected chi connectivity index (χ2v) is 7.16. The molecule has 0 bridgehead atoms. The summed E-state index contributed by atoms with van der Waals surface area (Å²) in [6.07, 6.45) is 2.27. The molecule has 1 saturated heterocycles. The van der Waals surface area contributed by atoms with E-state index in [2.05, 4.69) is 0 Å². The molecule has 2 rings (SSSR count). The van der Waals surface area contributed by atoms with Crippen LogP contribution in [0.4, 0.5) is 4.39 Å². The van der Waals surface area contributed by atoms with Gasteiger partial charge in [0.1, 0.15) is 16.8 Å². The molecule has 0 radical (unpaired) electrons. The zero-order chi connectivity index (χ0) is 15.6. The zero-order valence-corrected chi connectivity index (χ0v) is 12.7. The molecule has 5 nitrogen and oxygen atoms in total. The van der Waals surface area contributed by atoms with E-state index in [0.29, 0.717) is 12.8 Å². The summed E-state index contributed by atoms with van der Waals surface area (Å²) in [5.41, 5.74) is 0. The number of carbonyl (C=O) groups is 1. The van der Waals surface area contributed by atoms with Gasteiger partial charge in [-0.1, -0.05) is 24.4 Å². The summed E-state index contributed by atoms with van der Waals surface area (Å²) in [6.45, 7) is 0.118. The lowest BCUT2D eigenvalue weighted by Gasteiger charge is -2.26. The van der Waals surface area contributed by atoms with Crippen LogP contribution in [0.15, 0.2) is 23.1 Å². The van der Waals surface area contributed by atoms with Gasteiger partial charge in [-0.05, 0) is 31.0 Å². The Bertz CT molecular complexity index is 650. The van der Waals surface area contributed by atoms with Crippen LogP contribution in [-0.4, -0.2) is 36.4 Å². The maximum Gasteiger partial charge on any atom is 0.322 e. The molecule has 8 heteroatoms. The van der Waals surface area contributed by atoms with Crippen LogP contribution in [0.3, 0.4) is 0 Å². The molecule has 1 heterocycles. The predicted molar refractivity (Wildman–Crippen MR) is 75.2 cm³/mol. The third kappa shape index (κ3) is 3.36. The van der Waals surface area contributed by atoms with Crippen molar-refractivity contribution in [2.24, 2.45) is 0 Å². The molecular formula is C13H15ClFNO4S. The highest BCUT2D eigenvalue weighted by atomic mass is 35.5. The second kappa shape index (κ2) is 6.29. The van der Waals surface area contributed by atoms with E-state index in [1.807, 2.05) is 0 Å². The Morgan fingerprint density at radius 3 is 2.67 bits per heavy atom. The molecule has 0 amide bonds. The van der Waals surface area contributed by atoms with Crippen molar-refractivity contribution >= 4 is 27.6 Å². The Hall–Kier alpha value is -1.18. The lowest BCUT2D eigenvalue weighted by molar-refractivity contribution is -0.141. The lowest BCUT2D eigenvalue weighted by atomic mass is 10.1. The third-order valence-corrected chi connectivity index (χ3v) is 5.86. The van der Waals surface area contributed by atoms with E-state index in [-0.39, 0.29) is 22.9 Å². The van der Waals surface area contributed by atoms with Crippen LogP contribution in [0.25, 0.3) is 0 Å². The van der Waals surface area contributed by atoms with Gasteiger partial charge in [0.2, 0.25) is 10.0 Å². The first-order valence-electron chi connectivity index (χ1n) is 6.54. The Labute approximate surface area is 127 Å². The van der Waals surface area contributed by atoms with Crippen LogP contribution in [0.1, 0.15) is 25.7 Å². The highest BCUT2D eigenvalue weighted by Crippen LogP contribution is 2.29. The minimum atomic E-state index is -4.07. The maximum atomic E-state index is 13.1. The van der Waals surface area contributed by atoms with E-state index in [0.717, 1.165) is 28.9 Å². The number of hydrogen-bond acceptors (Lipinski definition) is 3. The number of sulfonamides is 1. The average Bonchev–Trinajstić information content (AvgIpc) is 2.64. The van der Waals surface area contributed by atoms with E-state index in [9.17, 15) is 22.7 Å². The van der Waals surface area contributed by atoms with Gasteiger partial charge in [0.05, 0.1) is 5.02 Å². The number of halogens is 2. The first kappa shape index (κ1) is 16.2. The first-order chi connectivity index (χ1) is 9.84. The number of aliphatic carboxylic acids is 1. The van der Waals surface area contributed by atoms with Crippen molar-refractivity contribution in [2.45, 2.75) is 36.6 Å². The SMILES string of the molecule is O=C(O)C1CCCCCN1S(=O)(=O)c1ccc(F)cc1Cl. The molecule has 1 aliphatic heterocycles. The summed E-state index contributed by atoms with van der Waals surface area (Å²) in [4.78, 5) is 11.1. The van der Waals surface area contributed by atoms with Crippen LogP contribution >= 0.6 is 11.6 Å². The van der Waals surface area contributed by atoms with Crippen molar-refractivity contribution in [3.63, 3.8) is 0 Å². The largest absolute Gasteiger partial charge is 0.480 e. The van der Waals surface area contributed by atoms with Crippen LogP contribution < -0.4 is 0 Å². The molecule has 1 aromatic rings. The fourth-order valence-electron chi connectivity index (χ4n) is 2.43. The molecule has 0 spiro atoms. The highest BCUT2D eigenvalue weighted by Gasteiger charge is 2.37. The molecule has 21 heavy (non-hydrogen) atoms. The maximum absolute atomic E-state index is 13.1. The Morgan fingerprint density at radius 2 is 2.05 bits per heavy atom. The van der Waals surface area contributed by atoms with Gasteiger partial charge in [0, 0.05) is 6.54 Å². The van der Waals surface area contributed by atoms with E-state index < -0.39 is 27.9 Å². The number of benzene rings is 1. The fraction of sp³-hybridized carbons (Fsp3) is 0.462. The van der Waals surface area contributed by atoms with Gasteiger partial charge in [0.25, 0.3) is 0 Å². The monoisotopic (exact) mass is 335 g/mol. The molecule has 1 aromatic carbocycles. The van der Waals surface area contributed by atoms with Crippen LogP contribution in [-0.2, 0) is 14.8 Å². The van der Waals surface area contributed by atoms with E-state index in [1.165, 1.54) is 0 Å². The van der Waals surface area contributed by atoms with Gasteiger partial charge in [-0.3, -0.25) is 4.79 Å². The summed E-state index contributed by atoms with van der Waals surface area (Å²) in [6, 6.07) is 1.85. The van der Waals surface area contributed by atoms with Crippen molar-refractivity contribution in [1.29, 1.82) is 0 Å². The van der Waals surface area contributed by atoms with E-state index >= 15 is 0 Å². The molecular weight excluding hydrogens is 321 g/mol. The minimum absolute atomic E-state index is 0.118. The van der Waals surface area contributed by atoms with Crippen LogP contribution in [0.5, 0.6) is 0 Å². The molecule has 116 valence electrons. The molecule has 1 unspecified atom stereocenters. The lowest BCUT2D eigenvalue weighted by Crippen LogP contribution is -2.44. The Kier molecular flexibility index (Phi) is 4.85. The molecule has 1 fully saturated rings. The number of rotatable bonds is 3. The Morgan fingerprint density at radius 1 is 1.33 bits per heavy atom. The van der Waals surface area contributed by atoms with E-state index in [4.69, 9.17) is 11.6 Å². The van der Waals surface area contributed by atoms with Crippen molar-refractivity contribution in [1.82, 2.24) is 4.31 Å². The van der Waals surface area contributed by atoms with Crippen LogP contribution in [0, 0.1) is 5.82 Å². The summed E-state index contributed by atoms with van der Waals surface area (Å²) in [5.74, 6) is -1.83. The van der Waals surface area contributed by atoms with Crippen molar-refractivity contribution < 1.29 is 22.7 Å². The predicted octanol–water partition coefficient (Wildman–Crippen LogP) is 2.50. The van der Waals surface area contributed by atoms with Gasteiger partial charge < -0.3 is 5.11 Å². The second-order valence-electron chi connectivity index (χ2n) is 4.89. The summed E-state index contributed by atoms with van der Waals surface area (Å²) in [7, 11) is -4.07. The highest BCUT2D eigenvalue weighted by molar-refractivity contribution is 7.89. The summed E-state index contributed by atoms with van der Waals surface area (Å²) in [5, 5.41) is 9.01. The van der Waals surface area contributed by atoms with E-state index in [1.54, 1.807) is 0 Å². The molecule has 0 aromatic heterocycles. The Balaban J connectivity index is 2.46. The topological polar surface area (TPSA) is 74.7 Å². The van der Waals surface area contributed by atoms with Crippen molar-refractivity contribution in [3.8, 4) is 0 Å². The summed E-state index contributed by atoms with van der Waals surface area (Å²) < 4.78 is 39.3. The zero-order valence-electron chi connectivity index (χ0n) is 11.1. The van der Waals surface area contributed by atoms with Crippen molar-refractivity contribution in [3.05, 3.63) is 29.0 Å². The minimum Gasteiger partial charge on any atom is -0.480 e. The molecule has 1 atom stereocenters. The van der Waals surface area contributed by atoms with Gasteiger partial charge in [-0.2, -0.15) is 4.31 Å². The smallest absolute Gasteiger partial charge is 0.322 e. The number of carboxylic acids is 1. The molecule has 0 aliphatic carbocycles. The molecule has 1 N–H and O–H groups in total. The molecule has 1 aliphatic rings. The standard InChI is InChI=1S/C13H15ClFNO4S/c14-10-8-9(15)5-6-12(10)21(19,20)16-7-3-1-2-4-11(16)13(17)18/h5-6,8,11H,1-4,7H2,(H,17,18). The quantitative estimate of drug-likeness (QED) is 0.921. The fourth-order valence-corrected chi connectivity index (χ4v) is 4.58. The third-order valence-electron chi connectivity index (χ3n) is 3.47.